The van der Waals surface area contributed by atoms with Gasteiger partial charge in [0.15, 0.2) is 0 Å². The summed E-state index contributed by atoms with van der Waals surface area (Å²) in [7, 11) is 0. The lowest BCUT2D eigenvalue weighted by Crippen LogP contribution is -2.28. The molecule has 0 atom stereocenters. The second kappa shape index (κ2) is 11.4. The molecule has 1 rings (SSSR count). The molecule has 0 unspecified atom stereocenters. The van der Waals surface area contributed by atoms with Crippen LogP contribution in [0.3, 0.4) is 0 Å². The Balaban J connectivity index is 2.16. The number of hydrogen-bond donors (Lipinski definition) is 1. The van der Waals surface area contributed by atoms with Crippen molar-refractivity contribution in [1.29, 1.82) is 0 Å². The molecular weight excluding hydrogens is 288 g/mol. The van der Waals surface area contributed by atoms with Gasteiger partial charge in [-0.3, -0.25) is 9.68 Å². The maximum Gasteiger partial charge on any atom is 0.345 e. The molecule has 1 aliphatic carbocycles. The van der Waals surface area contributed by atoms with Crippen LogP contribution in [0.5, 0.6) is 0 Å². The van der Waals surface area contributed by atoms with Crippen molar-refractivity contribution in [3.05, 3.63) is 0 Å². The van der Waals surface area contributed by atoms with Crippen molar-refractivity contribution in [2.45, 2.75) is 58.3 Å². The molecule has 1 saturated carbocycles. The molecule has 6 nitrogen and oxygen atoms in total. The van der Waals surface area contributed by atoms with E-state index in [2.05, 4.69) is 0 Å². The summed E-state index contributed by atoms with van der Waals surface area (Å²) < 4.78 is 5.18. The van der Waals surface area contributed by atoms with E-state index >= 15 is 0 Å². The minimum atomic E-state index is -0.328. The molecule has 22 heavy (non-hydrogen) atoms. The van der Waals surface area contributed by atoms with Crippen LogP contribution < -0.4 is 0 Å². The number of carbonyl (C=O) groups excluding carboxylic acids is 2. The third-order valence-electron chi connectivity index (χ3n) is 3.91. The summed E-state index contributed by atoms with van der Waals surface area (Å²) >= 11 is 0. The first kappa shape index (κ1) is 18.9. The Hall–Kier alpha value is -1.14. The van der Waals surface area contributed by atoms with Crippen LogP contribution in [-0.2, 0) is 24.1 Å². The zero-order valence-corrected chi connectivity index (χ0v) is 13.4. The zero-order chi connectivity index (χ0) is 16.2. The standard InChI is InChI=1S/C16H28O6/c1-2-3-12-21-22-16(19)14-8-6-13(7-9-14)15(18)20-11-5-4-10-17/h13-14,17H,2-12H2,1H3. The molecule has 0 amide bonds. The van der Waals surface area contributed by atoms with Crippen molar-refractivity contribution < 1.29 is 29.2 Å². The second-order valence-corrected chi connectivity index (χ2v) is 5.72. The largest absolute Gasteiger partial charge is 0.465 e. The highest BCUT2D eigenvalue weighted by Gasteiger charge is 2.32. The van der Waals surface area contributed by atoms with E-state index in [1.165, 1.54) is 0 Å². The molecule has 0 saturated heterocycles. The monoisotopic (exact) mass is 316 g/mol. The predicted molar refractivity (Wildman–Crippen MR) is 79.7 cm³/mol. The van der Waals surface area contributed by atoms with Gasteiger partial charge in [-0.1, -0.05) is 13.3 Å². The first-order chi connectivity index (χ1) is 10.7. The van der Waals surface area contributed by atoms with Gasteiger partial charge in [0.1, 0.15) is 0 Å². The topological polar surface area (TPSA) is 82.1 Å². The predicted octanol–water partition coefficient (Wildman–Crippen LogP) is 2.38. The van der Waals surface area contributed by atoms with E-state index in [9.17, 15) is 9.59 Å². The smallest absolute Gasteiger partial charge is 0.345 e. The average Bonchev–Trinajstić information content (AvgIpc) is 2.55. The summed E-state index contributed by atoms with van der Waals surface area (Å²) in [5, 5.41) is 8.66. The number of carbonyl (C=O) groups is 2. The first-order valence-electron chi connectivity index (χ1n) is 8.29. The highest BCUT2D eigenvalue weighted by Crippen LogP contribution is 2.30. The van der Waals surface area contributed by atoms with E-state index < -0.39 is 0 Å². The van der Waals surface area contributed by atoms with Crippen LogP contribution in [0.15, 0.2) is 0 Å². The van der Waals surface area contributed by atoms with Gasteiger partial charge in [-0.25, -0.2) is 4.79 Å². The normalized spacial score (nSPS) is 21.4. The van der Waals surface area contributed by atoms with Crippen LogP contribution in [0.2, 0.25) is 0 Å². The molecule has 6 heteroatoms. The summed E-state index contributed by atoms with van der Waals surface area (Å²) in [4.78, 5) is 33.3. The number of rotatable bonds is 10. The van der Waals surface area contributed by atoms with E-state index in [1.807, 2.05) is 6.92 Å². The number of aliphatic hydroxyl groups excluding tert-OH is 1. The number of unbranched alkanes of at least 4 members (excludes halogenated alkanes) is 2. The van der Waals surface area contributed by atoms with Crippen LogP contribution in [0, 0.1) is 11.8 Å². The minimum Gasteiger partial charge on any atom is -0.465 e. The Kier molecular flexibility index (Phi) is 9.82. The van der Waals surface area contributed by atoms with Gasteiger partial charge in [-0.15, -0.1) is 0 Å². The van der Waals surface area contributed by atoms with Crippen molar-refractivity contribution >= 4 is 11.9 Å². The van der Waals surface area contributed by atoms with Crippen molar-refractivity contribution in [1.82, 2.24) is 0 Å². The molecule has 1 N–H and O–H groups in total. The molecular formula is C16H28O6. The Bertz CT molecular complexity index is 291. The summed E-state index contributed by atoms with van der Waals surface area (Å²) in [5.41, 5.74) is 0. The lowest BCUT2D eigenvalue weighted by molar-refractivity contribution is -0.277. The Labute approximate surface area is 132 Å². The molecule has 128 valence electrons. The Morgan fingerprint density at radius 2 is 1.59 bits per heavy atom. The second-order valence-electron chi connectivity index (χ2n) is 5.72. The fourth-order valence-electron chi connectivity index (χ4n) is 2.44. The van der Waals surface area contributed by atoms with Gasteiger partial charge < -0.3 is 9.84 Å². The summed E-state index contributed by atoms with van der Waals surface area (Å²) in [6.07, 6.45) is 5.73. The van der Waals surface area contributed by atoms with E-state index in [0.29, 0.717) is 51.7 Å². The maximum absolute atomic E-state index is 11.9. The highest BCUT2D eigenvalue weighted by molar-refractivity contribution is 5.74. The van der Waals surface area contributed by atoms with E-state index in [1.54, 1.807) is 0 Å². The number of esters is 1. The Morgan fingerprint density at radius 3 is 2.18 bits per heavy atom. The minimum absolute atomic E-state index is 0.116. The molecule has 1 aliphatic rings. The summed E-state index contributed by atoms with van der Waals surface area (Å²) in [6.45, 7) is 2.94. The van der Waals surface area contributed by atoms with Crippen LogP contribution in [0.1, 0.15) is 58.3 Å². The van der Waals surface area contributed by atoms with Crippen LogP contribution in [-0.4, -0.2) is 36.9 Å². The van der Waals surface area contributed by atoms with Crippen LogP contribution >= 0.6 is 0 Å². The molecule has 0 heterocycles. The van der Waals surface area contributed by atoms with Crippen molar-refractivity contribution in [2.75, 3.05) is 19.8 Å². The quantitative estimate of drug-likeness (QED) is 0.288. The SMILES string of the molecule is CCCCOOC(=O)C1CCC(C(=O)OCCCCO)CC1. The van der Waals surface area contributed by atoms with Crippen LogP contribution in [0.25, 0.3) is 0 Å². The molecule has 0 radical (unpaired) electrons. The highest BCUT2D eigenvalue weighted by atomic mass is 17.2. The lowest BCUT2D eigenvalue weighted by Gasteiger charge is -2.25. The molecule has 0 aromatic carbocycles. The first-order valence-corrected chi connectivity index (χ1v) is 8.29. The number of hydrogen-bond acceptors (Lipinski definition) is 6. The third kappa shape index (κ3) is 7.22. The number of ether oxygens (including phenoxy) is 1. The number of aliphatic hydroxyl groups is 1. The van der Waals surface area contributed by atoms with E-state index in [-0.39, 0.29) is 30.4 Å². The van der Waals surface area contributed by atoms with Gasteiger partial charge in [-0.05, 0) is 44.9 Å². The summed E-state index contributed by atoms with van der Waals surface area (Å²) in [5.74, 6) is -0.825. The average molecular weight is 316 g/mol. The lowest BCUT2D eigenvalue weighted by atomic mass is 9.82. The fraction of sp³-hybridized carbons (Fsp3) is 0.875. The van der Waals surface area contributed by atoms with E-state index in [0.717, 1.165) is 12.8 Å². The molecule has 1 fully saturated rings. The van der Waals surface area contributed by atoms with E-state index in [4.69, 9.17) is 19.6 Å². The van der Waals surface area contributed by atoms with Gasteiger partial charge in [0.25, 0.3) is 0 Å². The fourth-order valence-corrected chi connectivity index (χ4v) is 2.44. The van der Waals surface area contributed by atoms with Crippen molar-refractivity contribution in [3.8, 4) is 0 Å². The molecule has 0 aliphatic heterocycles. The molecule has 0 bridgehead atoms. The Morgan fingerprint density at radius 1 is 0.955 bits per heavy atom. The van der Waals surface area contributed by atoms with Gasteiger partial charge >= 0.3 is 11.9 Å². The van der Waals surface area contributed by atoms with Gasteiger partial charge in [0.2, 0.25) is 0 Å². The molecule has 0 spiro atoms. The summed E-state index contributed by atoms with van der Waals surface area (Å²) in [6, 6.07) is 0. The van der Waals surface area contributed by atoms with Gasteiger partial charge in [0.05, 0.1) is 25.0 Å². The zero-order valence-electron chi connectivity index (χ0n) is 13.4. The third-order valence-corrected chi connectivity index (χ3v) is 3.91. The van der Waals surface area contributed by atoms with Gasteiger partial charge in [-0.2, -0.15) is 4.89 Å². The van der Waals surface area contributed by atoms with Crippen molar-refractivity contribution in [2.24, 2.45) is 11.8 Å². The molecule has 0 aromatic heterocycles. The van der Waals surface area contributed by atoms with Crippen LogP contribution in [0.4, 0.5) is 0 Å². The molecule has 0 aromatic rings. The van der Waals surface area contributed by atoms with Gasteiger partial charge in [0, 0.05) is 6.61 Å². The van der Waals surface area contributed by atoms with Crippen molar-refractivity contribution in [3.63, 3.8) is 0 Å². The maximum atomic E-state index is 11.9.